The van der Waals surface area contributed by atoms with Crippen LogP contribution in [0.4, 0.5) is 0 Å². The Bertz CT molecular complexity index is 1220. The number of benzene rings is 2. The first-order valence-electron chi connectivity index (χ1n) is 15.3. The Labute approximate surface area is 251 Å². The Morgan fingerprint density at radius 3 is 2.24 bits per heavy atom. The molecule has 2 aliphatic heterocycles. The summed E-state index contributed by atoms with van der Waals surface area (Å²) in [6.45, 7) is 12.2. The second-order valence-electron chi connectivity index (χ2n) is 12.4. The van der Waals surface area contributed by atoms with Gasteiger partial charge >= 0.3 is 5.97 Å². The minimum atomic E-state index is -0.612. The molecule has 2 aliphatic rings. The molecule has 0 saturated carbocycles. The van der Waals surface area contributed by atoms with Crippen molar-refractivity contribution in [1.82, 2.24) is 9.80 Å². The van der Waals surface area contributed by atoms with E-state index >= 15 is 0 Å². The van der Waals surface area contributed by atoms with Crippen molar-refractivity contribution in [3.63, 3.8) is 0 Å². The summed E-state index contributed by atoms with van der Waals surface area (Å²) in [6, 6.07) is 14.6. The monoisotopic (exact) mass is 578 g/mol. The van der Waals surface area contributed by atoms with Crippen LogP contribution in [0.2, 0.25) is 5.02 Å². The molecule has 7 heteroatoms. The number of amidine groups is 1. The molecule has 222 valence electrons. The average Bonchev–Trinajstić information content (AvgIpc) is 3.47. The molecule has 1 N–H and O–H groups in total. The van der Waals surface area contributed by atoms with Crippen LogP contribution in [0.25, 0.3) is 0 Å². The summed E-state index contributed by atoms with van der Waals surface area (Å²) in [5, 5.41) is 10.9. The molecule has 0 aliphatic carbocycles. The van der Waals surface area contributed by atoms with E-state index in [4.69, 9.17) is 16.6 Å². The van der Waals surface area contributed by atoms with E-state index in [2.05, 4.69) is 65.0 Å². The lowest BCUT2D eigenvalue weighted by Crippen LogP contribution is -2.44. The van der Waals surface area contributed by atoms with Crippen molar-refractivity contribution in [2.75, 3.05) is 39.8 Å². The first-order chi connectivity index (χ1) is 19.7. The maximum absolute atomic E-state index is 12.3. The fourth-order valence-electron chi connectivity index (χ4n) is 6.22. The summed E-state index contributed by atoms with van der Waals surface area (Å²) in [4.78, 5) is 26.4. The van der Waals surface area contributed by atoms with E-state index in [9.17, 15) is 9.90 Å². The van der Waals surface area contributed by atoms with Crippen LogP contribution >= 0.6 is 11.6 Å². The maximum atomic E-state index is 12.3. The number of rotatable bonds is 11. The highest BCUT2D eigenvalue weighted by atomic mass is 35.5. The van der Waals surface area contributed by atoms with Crippen LogP contribution in [0.15, 0.2) is 52.4 Å². The predicted molar refractivity (Wildman–Crippen MR) is 171 cm³/mol. The van der Waals surface area contributed by atoms with E-state index in [-0.39, 0.29) is 0 Å². The second kappa shape index (κ2) is 14.6. The molecular weight excluding hydrogens is 532 g/mol. The van der Waals surface area contributed by atoms with Crippen LogP contribution in [0, 0.1) is 11.3 Å². The van der Waals surface area contributed by atoms with Gasteiger partial charge in [-0.15, -0.1) is 0 Å². The van der Waals surface area contributed by atoms with E-state index in [0.717, 1.165) is 85.7 Å². The number of carboxylic acids is 1. The van der Waals surface area contributed by atoms with Gasteiger partial charge in [0, 0.05) is 29.9 Å². The van der Waals surface area contributed by atoms with E-state index in [0.29, 0.717) is 11.8 Å². The summed E-state index contributed by atoms with van der Waals surface area (Å²) < 4.78 is 0. The number of hydrogen-bond acceptors (Lipinski definition) is 4. The minimum absolute atomic E-state index is 0.553. The molecule has 2 heterocycles. The van der Waals surface area contributed by atoms with Gasteiger partial charge in [-0.2, -0.15) is 0 Å². The normalized spacial score (nSPS) is 18.8. The topological polar surface area (TPSA) is 68.5 Å². The van der Waals surface area contributed by atoms with Gasteiger partial charge in [-0.05, 0) is 113 Å². The van der Waals surface area contributed by atoms with Crippen LogP contribution in [-0.2, 0) is 17.8 Å². The fourth-order valence-corrected chi connectivity index (χ4v) is 6.48. The van der Waals surface area contributed by atoms with Gasteiger partial charge in [0.05, 0.1) is 5.41 Å². The third-order valence-corrected chi connectivity index (χ3v) is 9.15. The van der Waals surface area contributed by atoms with Crippen LogP contribution in [0.5, 0.6) is 0 Å². The lowest BCUT2D eigenvalue weighted by atomic mass is 9.74. The second-order valence-corrected chi connectivity index (χ2v) is 12.8. The minimum Gasteiger partial charge on any atom is -0.481 e. The maximum Gasteiger partial charge on any atom is 0.309 e. The Morgan fingerprint density at radius 2 is 1.66 bits per heavy atom. The number of halogens is 1. The fraction of sp³-hybridized carbons (Fsp3) is 0.559. The number of carbonyl (C=O) groups is 1. The molecule has 2 aromatic rings. The Kier molecular flexibility index (Phi) is 11.2. The molecule has 2 fully saturated rings. The molecule has 0 atom stereocenters. The van der Waals surface area contributed by atoms with Gasteiger partial charge in [0.25, 0.3) is 0 Å². The number of aliphatic imine (C=N–C) groups is 2. The predicted octanol–water partition coefficient (Wildman–Crippen LogP) is 6.97. The van der Waals surface area contributed by atoms with E-state index in [1.54, 1.807) is 7.05 Å². The molecule has 0 spiro atoms. The smallest absolute Gasteiger partial charge is 0.309 e. The van der Waals surface area contributed by atoms with Crippen molar-refractivity contribution >= 4 is 29.1 Å². The zero-order valence-corrected chi connectivity index (χ0v) is 26.1. The molecule has 2 aromatic carbocycles. The molecule has 0 amide bonds. The molecule has 4 rings (SSSR count). The van der Waals surface area contributed by atoms with E-state index < -0.39 is 11.4 Å². The number of nitrogens with zero attached hydrogens (tertiary/aromatic N) is 4. The number of carboxylic acid groups (broad SMARTS) is 1. The highest BCUT2D eigenvalue weighted by Crippen LogP contribution is 2.37. The highest BCUT2D eigenvalue weighted by Gasteiger charge is 2.41. The molecule has 0 bridgehead atoms. The number of likely N-dealkylation sites (tertiary alicyclic amines) is 2. The zero-order chi connectivity index (χ0) is 29.4. The Morgan fingerprint density at radius 1 is 1.00 bits per heavy atom. The van der Waals surface area contributed by atoms with Crippen molar-refractivity contribution in [3.8, 4) is 0 Å². The van der Waals surface area contributed by atoms with Gasteiger partial charge in [0.2, 0.25) is 0 Å². The number of aliphatic carboxylic acids is 1. The van der Waals surface area contributed by atoms with Gasteiger partial charge in [-0.25, -0.2) is 4.99 Å². The van der Waals surface area contributed by atoms with Crippen LogP contribution in [0.3, 0.4) is 0 Å². The summed E-state index contributed by atoms with van der Waals surface area (Å²) in [7, 11) is 1.77. The lowest BCUT2D eigenvalue weighted by molar-refractivity contribution is -0.152. The first-order valence-corrected chi connectivity index (χ1v) is 15.7. The summed E-state index contributed by atoms with van der Waals surface area (Å²) in [6.07, 6.45) is 6.74. The molecular formula is C34H47ClN4O2. The Hall–Kier alpha value is -2.54. The SMILES string of the molecule is CN=C(N=C(C)c1ccc(CC(C)C)c(Cl)c1)c1ccc(CN2CCC(CCCN3CCCC3)(C(=O)O)CC2)cc1. The molecule has 2 saturated heterocycles. The van der Waals surface area contributed by atoms with Gasteiger partial charge in [-0.3, -0.25) is 14.7 Å². The molecule has 0 aromatic heterocycles. The quantitative estimate of drug-likeness (QED) is 0.231. The highest BCUT2D eigenvalue weighted by molar-refractivity contribution is 6.31. The number of piperidine rings is 1. The molecule has 6 nitrogen and oxygen atoms in total. The molecule has 41 heavy (non-hydrogen) atoms. The summed E-state index contributed by atoms with van der Waals surface area (Å²) in [5.74, 6) is 0.631. The molecule has 0 unspecified atom stereocenters. The summed E-state index contributed by atoms with van der Waals surface area (Å²) >= 11 is 6.56. The van der Waals surface area contributed by atoms with Crippen molar-refractivity contribution in [2.45, 2.75) is 72.3 Å². The van der Waals surface area contributed by atoms with E-state index in [1.807, 2.05) is 13.0 Å². The van der Waals surface area contributed by atoms with Crippen LogP contribution in [-0.4, -0.2) is 72.2 Å². The summed E-state index contributed by atoms with van der Waals surface area (Å²) in [5.41, 5.74) is 4.66. The standard InChI is InChI=1S/C34H47ClN4O2/c1-25(2)22-30-13-12-29(23-31(30)35)26(3)37-32(36-4)28-10-8-27(9-11-28)24-39-20-15-34(16-21-39,33(40)41)14-7-19-38-17-5-6-18-38/h8-13,23,25H,5-7,14-22,24H2,1-4H3,(H,40,41). The third kappa shape index (κ3) is 8.50. The largest absolute Gasteiger partial charge is 0.481 e. The van der Waals surface area contributed by atoms with Crippen molar-refractivity contribution in [1.29, 1.82) is 0 Å². The van der Waals surface area contributed by atoms with Gasteiger partial charge in [0.15, 0.2) is 5.84 Å². The van der Waals surface area contributed by atoms with Crippen molar-refractivity contribution in [3.05, 3.63) is 69.7 Å². The zero-order valence-electron chi connectivity index (χ0n) is 25.3. The van der Waals surface area contributed by atoms with Crippen LogP contribution < -0.4 is 0 Å². The van der Waals surface area contributed by atoms with E-state index in [1.165, 1.54) is 31.5 Å². The van der Waals surface area contributed by atoms with Crippen LogP contribution in [0.1, 0.15) is 81.5 Å². The van der Waals surface area contributed by atoms with Crippen molar-refractivity contribution < 1.29 is 9.90 Å². The third-order valence-electron chi connectivity index (χ3n) is 8.80. The van der Waals surface area contributed by atoms with Gasteiger partial charge < -0.3 is 10.0 Å². The first kappa shape index (κ1) is 31.4. The molecule has 0 radical (unpaired) electrons. The lowest BCUT2D eigenvalue weighted by Gasteiger charge is -2.39. The Balaban J connectivity index is 1.33. The average molecular weight is 579 g/mol. The van der Waals surface area contributed by atoms with Gasteiger partial charge in [-0.1, -0.05) is 61.8 Å². The number of hydrogen-bond donors (Lipinski definition) is 1. The van der Waals surface area contributed by atoms with Gasteiger partial charge in [0.1, 0.15) is 0 Å². The van der Waals surface area contributed by atoms with Crippen molar-refractivity contribution in [2.24, 2.45) is 21.3 Å².